The van der Waals surface area contributed by atoms with Crippen LogP contribution in [0.5, 0.6) is 0 Å². The molecule has 0 fully saturated rings. The predicted molar refractivity (Wildman–Crippen MR) is 208 cm³/mol. The summed E-state index contributed by atoms with van der Waals surface area (Å²) in [4.78, 5) is 1.84. The molecule has 0 saturated heterocycles. The van der Waals surface area contributed by atoms with Crippen molar-refractivity contribution in [3.63, 3.8) is 0 Å². The van der Waals surface area contributed by atoms with E-state index in [2.05, 4.69) is 146 Å². The Morgan fingerprint density at radius 1 is 0.348 bits per heavy atom. The van der Waals surface area contributed by atoms with Crippen molar-refractivity contribution in [1.82, 2.24) is 0 Å². The van der Waals surface area contributed by atoms with Crippen LogP contribution >= 0.6 is 0 Å². The van der Waals surface area contributed by atoms with Gasteiger partial charge in [-0.05, 0) is 67.2 Å². The molecular formula is C44H64BN. The summed E-state index contributed by atoms with van der Waals surface area (Å²) in [5.41, 5.74) is 11.0. The lowest BCUT2D eigenvalue weighted by molar-refractivity contribution is -0.900. The average Bonchev–Trinajstić information content (AvgIpc) is 3.13. The predicted octanol–water partition coefficient (Wildman–Crippen LogP) is 7.59. The van der Waals surface area contributed by atoms with Gasteiger partial charge in [0, 0.05) is 0 Å². The Kier molecular flexibility index (Phi) is 16.4. The maximum Gasteiger partial charge on any atom is 0.108 e. The Balaban J connectivity index is 0.000000376. The molecule has 4 aromatic rings. The topological polar surface area (TPSA) is 4.44 Å². The quantitative estimate of drug-likeness (QED) is 0.117. The summed E-state index contributed by atoms with van der Waals surface area (Å²) in [7, 11) is 0. The molecule has 0 heterocycles. The van der Waals surface area contributed by atoms with E-state index in [4.69, 9.17) is 0 Å². The van der Waals surface area contributed by atoms with Crippen LogP contribution in [0.1, 0.15) is 109 Å². The molecule has 0 unspecified atom stereocenters. The maximum atomic E-state index is 2.37. The zero-order valence-corrected chi connectivity index (χ0v) is 30.5. The summed E-state index contributed by atoms with van der Waals surface area (Å²) in [5, 5.41) is 0. The molecule has 0 aromatic heterocycles. The van der Waals surface area contributed by atoms with Gasteiger partial charge in [0.15, 0.2) is 0 Å². The van der Waals surface area contributed by atoms with Crippen LogP contribution in [0.4, 0.5) is 0 Å². The van der Waals surface area contributed by atoms with E-state index in [9.17, 15) is 0 Å². The van der Waals surface area contributed by atoms with Crippen molar-refractivity contribution in [3.05, 3.63) is 119 Å². The van der Waals surface area contributed by atoms with E-state index in [1.54, 1.807) is 0 Å². The zero-order valence-electron chi connectivity index (χ0n) is 30.5. The fourth-order valence-corrected chi connectivity index (χ4v) is 6.98. The number of hydrogen-bond donors (Lipinski definition) is 1. The van der Waals surface area contributed by atoms with Gasteiger partial charge in [0.1, 0.15) is 6.15 Å². The first-order chi connectivity index (χ1) is 22.5. The molecule has 0 amide bonds. The van der Waals surface area contributed by atoms with E-state index < -0.39 is 6.15 Å². The van der Waals surface area contributed by atoms with Crippen LogP contribution < -0.4 is 26.8 Å². The molecule has 0 aliphatic carbocycles. The number of aryl methyl sites for hydroxylation is 4. The summed E-state index contributed by atoms with van der Waals surface area (Å²) >= 11 is 0. The van der Waals surface area contributed by atoms with Gasteiger partial charge in [0.05, 0.1) is 19.6 Å². The lowest BCUT2D eigenvalue weighted by Crippen LogP contribution is -3.12. The molecule has 1 N–H and O–H groups in total. The molecule has 0 atom stereocenters. The number of benzene rings is 4. The molecule has 248 valence electrons. The molecule has 0 bridgehead atoms. The highest BCUT2D eigenvalue weighted by Crippen LogP contribution is 2.14. The number of quaternary nitrogens is 1. The van der Waals surface area contributed by atoms with Crippen molar-refractivity contribution in [3.8, 4) is 0 Å². The van der Waals surface area contributed by atoms with E-state index in [-0.39, 0.29) is 0 Å². The molecule has 0 saturated carbocycles. The third-order valence-electron chi connectivity index (χ3n) is 10.2. The SMILES string of the molecule is CCCC[NH+](CCCC)CCCC.CCc1ccc([B-](c2ccc(CC)cc2)(c2ccc(CC)cc2)c2ccc(CC)cc2)cc1. The van der Waals surface area contributed by atoms with Gasteiger partial charge in [-0.15, -0.1) is 0 Å². The van der Waals surface area contributed by atoms with Gasteiger partial charge in [-0.25, -0.2) is 0 Å². The first-order valence-electron chi connectivity index (χ1n) is 18.9. The minimum absolute atomic E-state index is 1.06. The molecule has 0 aliphatic rings. The maximum absolute atomic E-state index is 2.37. The Hall–Kier alpha value is -3.10. The Morgan fingerprint density at radius 2 is 0.565 bits per heavy atom. The lowest BCUT2D eigenvalue weighted by atomic mass is 9.13. The first kappa shape index (κ1) is 37.4. The normalized spacial score (nSPS) is 11.4. The van der Waals surface area contributed by atoms with Gasteiger partial charge in [-0.2, -0.15) is 21.9 Å². The lowest BCUT2D eigenvalue weighted by Gasteiger charge is -2.44. The van der Waals surface area contributed by atoms with Crippen molar-refractivity contribution in [2.45, 2.75) is 113 Å². The van der Waals surface area contributed by atoms with Crippen LogP contribution in [0.3, 0.4) is 0 Å². The number of hydrogen-bond acceptors (Lipinski definition) is 0. The minimum atomic E-state index is -1.30. The fraction of sp³-hybridized carbons (Fsp3) is 0.455. The van der Waals surface area contributed by atoms with E-state index in [1.165, 1.54) is 102 Å². The number of nitrogens with one attached hydrogen (secondary N) is 1. The molecule has 4 aromatic carbocycles. The fourth-order valence-electron chi connectivity index (χ4n) is 6.98. The Bertz CT molecular complexity index is 1140. The molecule has 0 spiro atoms. The Labute approximate surface area is 283 Å². The molecular weight excluding hydrogens is 553 g/mol. The van der Waals surface area contributed by atoms with E-state index in [0.29, 0.717) is 0 Å². The van der Waals surface area contributed by atoms with Crippen molar-refractivity contribution in [2.24, 2.45) is 0 Å². The van der Waals surface area contributed by atoms with Gasteiger partial charge in [-0.3, -0.25) is 0 Å². The van der Waals surface area contributed by atoms with Gasteiger partial charge in [0.25, 0.3) is 0 Å². The van der Waals surface area contributed by atoms with Crippen molar-refractivity contribution >= 4 is 28.0 Å². The summed E-state index contributed by atoms with van der Waals surface area (Å²) in [6.07, 6.45) is 11.2. The van der Waals surface area contributed by atoms with Crippen LogP contribution in [0.2, 0.25) is 0 Å². The number of rotatable bonds is 17. The highest BCUT2D eigenvalue weighted by atomic mass is 15.1. The third kappa shape index (κ3) is 9.95. The van der Waals surface area contributed by atoms with Crippen molar-refractivity contribution in [1.29, 1.82) is 0 Å². The van der Waals surface area contributed by atoms with Crippen molar-refractivity contribution in [2.75, 3.05) is 19.6 Å². The summed E-state index contributed by atoms with van der Waals surface area (Å²) in [5.74, 6) is 0. The van der Waals surface area contributed by atoms with Crippen LogP contribution in [0.25, 0.3) is 0 Å². The highest BCUT2D eigenvalue weighted by Gasteiger charge is 2.31. The van der Waals surface area contributed by atoms with Crippen molar-refractivity contribution < 1.29 is 4.90 Å². The first-order valence-corrected chi connectivity index (χ1v) is 18.9. The standard InChI is InChI=1S/C32H36B.C12H27N/c1-5-25-9-17-29(18-10-25)33(30-19-11-26(6-2)12-20-30,31-21-13-27(7-3)14-22-31)32-23-15-28(8-4)16-24-32;1-4-7-10-13(11-8-5-2)12-9-6-3/h9-24H,5-8H2,1-4H3;4-12H2,1-3H3/q-1;/p+1. The van der Waals surface area contributed by atoms with Crippen LogP contribution in [0, 0.1) is 0 Å². The third-order valence-corrected chi connectivity index (χ3v) is 10.2. The average molecular weight is 618 g/mol. The second kappa shape index (κ2) is 20.2. The highest BCUT2D eigenvalue weighted by molar-refractivity contribution is 7.19. The number of unbranched alkanes of at least 4 members (excludes halogenated alkanes) is 3. The smallest absolute Gasteiger partial charge is 0.108 e. The second-order valence-corrected chi connectivity index (χ2v) is 13.3. The molecule has 2 heteroatoms. The van der Waals surface area contributed by atoms with Crippen LogP contribution in [-0.2, 0) is 25.7 Å². The summed E-state index contributed by atoms with van der Waals surface area (Å²) < 4.78 is 0. The second-order valence-electron chi connectivity index (χ2n) is 13.3. The van der Waals surface area contributed by atoms with Gasteiger partial charge < -0.3 is 4.90 Å². The largest absolute Gasteiger partial charge is 0.335 e. The molecule has 1 nitrogen and oxygen atoms in total. The Morgan fingerprint density at radius 3 is 0.739 bits per heavy atom. The van der Waals surface area contributed by atoms with Crippen LogP contribution in [0.15, 0.2) is 97.1 Å². The minimum Gasteiger partial charge on any atom is -0.335 e. The van der Waals surface area contributed by atoms with E-state index >= 15 is 0 Å². The molecule has 0 aliphatic heterocycles. The summed E-state index contributed by atoms with van der Waals surface area (Å²) in [6, 6.07) is 37.5. The van der Waals surface area contributed by atoms with Crippen LogP contribution in [-0.4, -0.2) is 25.8 Å². The van der Waals surface area contributed by atoms with E-state index in [1.807, 2.05) is 4.90 Å². The van der Waals surface area contributed by atoms with Gasteiger partial charge in [0.2, 0.25) is 0 Å². The zero-order chi connectivity index (χ0) is 33.2. The summed E-state index contributed by atoms with van der Waals surface area (Å²) in [6.45, 7) is 20.0. The monoisotopic (exact) mass is 618 g/mol. The van der Waals surface area contributed by atoms with Gasteiger partial charge in [-0.1, -0.05) is 165 Å². The van der Waals surface area contributed by atoms with Gasteiger partial charge >= 0.3 is 0 Å². The molecule has 46 heavy (non-hydrogen) atoms. The molecule has 0 radical (unpaired) electrons. The van der Waals surface area contributed by atoms with E-state index in [0.717, 1.165) is 25.7 Å². The molecule has 4 rings (SSSR count).